The van der Waals surface area contributed by atoms with Crippen LogP contribution >= 0.6 is 0 Å². The van der Waals surface area contributed by atoms with Crippen LogP contribution in [0.2, 0.25) is 0 Å². The maximum atomic E-state index is 12.9. The number of ether oxygens (including phenoxy) is 2. The van der Waals surface area contributed by atoms with Crippen LogP contribution in [-0.2, 0) is 9.47 Å². The van der Waals surface area contributed by atoms with Crippen molar-refractivity contribution < 1.29 is 27.0 Å². The van der Waals surface area contributed by atoms with Gasteiger partial charge in [0.1, 0.15) is 0 Å². The highest BCUT2D eigenvalue weighted by atomic mass is 19.3. The molecule has 0 aromatic carbocycles. The normalized spacial score (nSPS) is 13.1. The lowest BCUT2D eigenvalue weighted by atomic mass is 10.1. The molecule has 104 valence electrons. The van der Waals surface area contributed by atoms with E-state index in [1.165, 1.54) is 7.11 Å². The van der Waals surface area contributed by atoms with Gasteiger partial charge in [-0.05, 0) is 6.92 Å². The summed E-state index contributed by atoms with van der Waals surface area (Å²) in [6.45, 7) is 0.940. The smallest absolute Gasteiger partial charge is 0.266 e. The molecule has 0 aliphatic heterocycles. The van der Waals surface area contributed by atoms with Crippen LogP contribution in [0.25, 0.3) is 0 Å². The van der Waals surface area contributed by atoms with Gasteiger partial charge in [0.05, 0.1) is 32.8 Å². The maximum Gasteiger partial charge on any atom is 0.266 e. The number of rotatable bonds is 10. The number of halogens is 4. The minimum atomic E-state index is -3.41. The zero-order valence-electron chi connectivity index (χ0n) is 10.1. The van der Waals surface area contributed by atoms with Crippen molar-refractivity contribution in [1.29, 1.82) is 0 Å². The fourth-order valence-corrected chi connectivity index (χ4v) is 1.18. The lowest BCUT2D eigenvalue weighted by Crippen LogP contribution is -2.38. The fourth-order valence-electron chi connectivity index (χ4n) is 1.18. The number of alkyl halides is 4. The molecule has 0 atom stereocenters. The quantitative estimate of drug-likeness (QED) is 0.481. The van der Waals surface area contributed by atoms with Crippen molar-refractivity contribution >= 4 is 0 Å². The summed E-state index contributed by atoms with van der Waals surface area (Å²) in [5, 5.41) is 2.38. The Labute approximate surface area is 98.5 Å². The summed E-state index contributed by atoms with van der Waals surface area (Å²) in [4.78, 5) is 0. The van der Waals surface area contributed by atoms with Crippen molar-refractivity contribution in [2.24, 2.45) is 0 Å². The molecule has 0 fully saturated rings. The summed E-state index contributed by atoms with van der Waals surface area (Å²) in [6, 6.07) is 0. The molecule has 0 heterocycles. The van der Waals surface area contributed by atoms with E-state index < -0.39 is 24.8 Å². The third-order valence-electron chi connectivity index (χ3n) is 1.81. The minimum absolute atomic E-state index is 0.189. The summed E-state index contributed by atoms with van der Waals surface area (Å²) in [5.41, 5.74) is 0. The zero-order valence-corrected chi connectivity index (χ0v) is 10.1. The molecule has 0 saturated heterocycles. The molecule has 0 aromatic heterocycles. The van der Waals surface area contributed by atoms with Gasteiger partial charge in [0.15, 0.2) is 0 Å². The predicted octanol–water partition coefficient (Wildman–Crippen LogP) is 1.92. The number of nitrogens with one attached hydrogen (secondary N) is 1. The fraction of sp³-hybridized carbons (Fsp3) is 1.00. The standard InChI is InChI=1S/C10H19F4NO2/c1-9(11,12)7-10(13,14)8-15-3-4-17-6-5-16-2/h15H,3-8H2,1-2H3. The SMILES string of the molecule is COCCOCCNCC(F)(F)CC(C)(F)F. The second-order valence-electron chi connectivity index (χ2n) is 3.88. The second kappa shape index (κ2) is 7.84. The topological polar surface area (TPSA) is 30.5 Å². The van der Waals surface area contributed by atoms with Gasteiger partial charge in [-0.1, -0.05) is 0 Å². The average Bonchev–Trinajstić information content (AvgIpc) is 2.12. The Hall–Kier alpha value is -0.400. The Bertz CT molecular complexity index is 197. The maximum absolute atomic E-state index is 12.9. The molecular weight excluding hydrogens is 242 g/mol. The van der Waals surface area contributed by atoms with E-state index in [9.17, 15) is 17.6 Å². The van der Waals surface area contributed by atoms with E-state index in [0.29, 0.717) is 20.1 Å². The number of hydrogen-bond donors (Lipinski definition) is 1. The van der Waals surface area contributed by atoms with Gasteiger partial charge in [-0.3, -0.25) is 0 Å². The van der Waals surface area contributed by atoms with Crippen LogP contribution in [0.4, 0.5) is 17.6 Å². The molecule has 0 aliphatic rings. The zero-order chi connectivity index (χ0) is 13.4. The van der Waals surface area contributed by atoms with Gasteiger partial charge in [0.2, 0.25) is 0 Å². The van der Waals surface area contributed by atoms with Crippen LogP contribution in [0.5, 0.6) is 0 Å². The third kappa shape index (κ3) is 11.9. The number of hydrogen-bond acceptors (Lipinski definition) is 3. The molecule has 0 spiro atoms. The first kappa shape index (κ1) is 16.6. The van der Waals surface area contributed by atoms with Crippen LogP contribution < -0.4 is 5.32 Å². The molecule has 3 nitrogen and oxygen atoms in total. The van der Waals surface area contributed by atoms with Gasteiger partial charge in [0, 0.05) is 13.7 Å². The highest BCUT2D eigenvalue weighted by Gasteiger charge is 2.39. The van der Waals surface area contributed by atoms with E-state index in [4.69, 9.17) is 9.47 Å². The summed E-state index contributed by atoms with van der Waals surface area (Å²) in [5.74, 6) is -6.77. The van der Waals surface area contributed by atoms with Crippen molar-refractivity contribution in [3.63, 3.8) is 0 Å². The molecule has 0 radical (unpaired) electrons. The summed E-state index contributed by atoms with van der Waals surface area (Å²) >= 11 is 0. The van der Waals surface area contributed by atoms with Gasteiger partial charge in [0.25, 0.3) is 11.8 Å². The van der Waals surface area contributed by atoms with Gasteiger partial charge in [-0.25, -0.2) is 17.6 Å². The third-order valence-corrected chi connectivity index (χ3v) is 1.81. The van der Waals surface area contributed by atoms with E-state index in [2.05, 4.69) is 5.32 Å². The van der Waals surface area contributed by atoms with E-state index in [1.54, 1.807) is 0 Å². The van der Waals surface area contributed by atoms with Crippen molar-refractivity contribution in [3.8, 4) is 0 Å². The van der Waals surface area contributed by atoms with Crippen LogP contribution in [0.1, 0.15) is 13.3 Å². The first-order chi connectivity index (χ1) is 7.77. The van der Waals surface area contributed by atoms with Crippen LogP contribution in [-0.4, -0.2) is 51.9 Å². The second-order valence-corrected chi connectivity index (χ2v) is 3.88. The monoisotopic (exact) mass is 261 g/mol. The molecule has 7 heteroatoms. The van der Waals surface area contributed by atoms with Crippen LogP contribution in [0, 0.1) is 0 Å². The Morgan fingerprint density at radius 3 is 2.24 bits per heavy atom. The van der Waals surface area contributed by atoms with E-state index in [0.717, 1.165) is 0 Å². The van der Waals surface area contributed by atoms with Crippen LogP contribution in [0.15, 0.2) is 0 Å². The largest absolute Gasteiger partial charge is 0.382 e. The number of methoxy groups -OCH3 is 1. The molecule has 0 amide bonds. The van der Waals surface area contributed by atoms with Crippen molar-refractivity contribution in [2.45, 2.75) is 25.2 Å². The molecule has 1 N–H and O–H groups in total. The first-order valence-electron chi connectivity index (χ1n) is 5.30. The first-order valence-corrected chi connectivity index (χ1v) is 5.30. The van der Waals surface area contributed by atoms with Crippen molar-refractivity contribution in [3.05, 3.63) is 0 Å². The molecule has 0 saturated carbocycles. The molecule has 0 aliphatic carbocycles. The van der Waals surface area contributed by atoms with Gasteiger partial charge >= 0.3 is 0 Å². The average molecular weight is 261 g/mol. The lowest BCUT2D eigenvalue weighted by molar-refractivity contribution is -0.0987. The highest BCUT2D eigenvalue weighted by molar-refractivity contribution is 4.76. The molecule has 0 bridgehead atoms. The van der Waals surface area contributed by atoms with Gasteiger partial charge in [-0.15, -0.1) is 0 Å². The van der Waals surface area contributed by atoms with Crippen molar-refractivity contribution in [2.75, 3.05) is 40.0 Å². The molecular formula is C10H19F4NO2. The highest BCUT2D eigenvalue weighted by Crippen LogP contribution is 2.29. The Balaban J connectivity index is 3.52. The molecule has 0 rings (SSSR count). The Morgan fingerprint density at radius 1 is 1.06 bits per heavy atom. The van der Waals surface area contributed by atoms with E-state index in [-0.39, 0.29) is 13.2 Å². The molecule has 0 aromatic rings. The van der Waals surface area contributed by atoms with Gasteiger partial charge < -0.3 is 14.8 Å². The lowest BCUT2D eigenvalue weighted by Gasteiger charge is -2.20. The summed E-state index contributed by atoms with van der Waals surface area (Å²) in [7, 11) is 1.52. The van der Waals surface area contributed by atoms with Gasteiger partial charge in [-0.2, -0.15) is 0 Å². The molecule has 0 unspecified atom stereocenters. The van der Waals surface area contributed by atoms with E-state index in [1.807, 2.05) is 0 Å². The van der Waals surface area contributed by atoms with E-state index >= 15 is 0 Å². The Kier molecular flexibility index (Phi) is 7.65. The Morgan fingerprint density at radius 2 is 1.71 bits per heavy atom. The summed E-state index contributed by atoms with van der Waals surface area (Å²) < 4.78 is 60.4. The van der Waals surface area contributed by atoms with Crippen molar-refractivity contribution in [1.82, 2.24) is 5.32 Å². The van der Waals surface area contributed by atoms with Crippen LogP contribution in [0.3, 0.4) is 0 Å². The predicted molar refractivity (Wildman–Crippen MR) is 55.7 cm³/mol. The minimum Gasteiger partial charge on any atom is -0.382 e. The molecule has 17 heavy (non-hydrogen) atoms. The summed E-state index contributed by atoms with van der Waals surface area (Å²) in [6.07, 6.45) is -1.45.